The van der Waals surface area contributed by atoms with Gasteiger partial charge < -0.3 is 19.4 Å². The number of aromatic nitrogens is 3. The van der Waals surface area contributed by atoms with Crippen LogP contribution in [0.5, 0.6) is 0 Å². The van der Waals surface area contributed by atoms with Crippen LogP contribution in [0.15, 0.2) is 138 Å². The molecule has 0 aliphatic rings. The van der Waals surface area contributed by atoms with Crippen molar-refractivity contribution in [2.75, 3.05) is 0 Å². The molecule has 5 aromatic carbocycles. The molecule has 0 unspecified atom stereocenters. The summed E-state index contributed by atoms with van der Waals surface area (Å²) in [5.74, 6) is 0. The van der Waals surface area contributed by atoms with Gasteiger partial charge in [0.1, 0.15) is 5.58 Å². The first kappa shape index (κ1) is 25.3. The zero-order chi connectivity index (χ0) is 63.5. The zero-order valence-corrected chi connectivity index (χ0v) is 37.5. The van der Waals surface area contributed by atoms with E-state index >= 15 is 0 Å². The largest absolute Gasteiger partial charge is 3.00 e. The maximum absolute atomic E-state index is 9.86. The van der Waals surface area contributed by atoms with Crippen LogP contribution >= 0.6 is 0 Å². The Morgan fingerprint density at radius 3 is 1.75 bits per heavy atom. The van der Waals surface area contributed by atoms with Gasteiger partial charge in [0.15, 0.2) is 0 Å². The third-order valence-electron chi connectivity index (χ3n) is 9.79. The molecule has 9 aromatic rings. The number of aryl methyl sites for hydroxylation is 8. The second kappa shape index (κ2) is 19.7. The Kier molecular flexibility index (Phi) is 7.66. The van der Waals surface area contributed by atoms with Gasteiger partial charge in [-0.25, -0.2) is 0 Å². The SMILES string of the molecule is [2H]c1cc2oc3c(-c4cc(C([2H])([2H])C(C)(C)C)c(C([2H])([2H])C([2H])([2H])c5cc(C([2H])([2H])C([2H])([2H])c6cnc(-c7[c-]cccc7)cc6C([2H])([2H])[2H])cc(C([2H])([2H])C([2H])([2H])c6cnc(-c7[c-]cccc7)cc6C([2H])([2H])[2H])c5)cn4)[c-]ccc3c2c([2H])c1C#N.[Ir+3]. The number of rotatable bonds is 13. The fourth-order valence-corrected chi connectivity index (χ4v) is 6.83. The quantitative estimate of drug-likeness (QED) is 0.108. The molecule has 4 heterocycles. The van der Waals surface area contributed by atoms with Crippen molar-refractivity contribution in [3.63, 3.8) is 0 Å². The van der Waals surface area contributed by atoms with E-state index in [0.717, 1.165) is 36.8 Å². The third kappa shape index (κ3) is 10.6. The summed E-state index contributed by atoms with van der Waals surface area (Å²) in [6.07, 6.45) is -21.5. The first-order chi connectivity index (χ1) is 39.6. The minimum Gasteiger partial charge on any atom is -0.501 e. The molecule has 0 saturated heterocycles. The molecular formula is C59H51IrN4O. The summed E-state index contributed by atoms with van der Waals surface area (Å²) >= 11 is 0. The topological polar surface area (TPSA) is 75.6 Å². The van der Waals surface area contributed by atoms with Gasteiger partial charge in [0, 0.05) is 51.4 Å². The number of benzene rings is 5. The smallest absolute Gasteiger partial charge is 0.501 e. The Morgan fingerprint density at radius 2 is 1.22 bits per heavy atom. The number of fused-ring (bicyclic) bond motifs is 3. The van der Waals surface area contributed by atoms with Crippen molar-refractivity contribution in [3.05, 3.63) is 208 Å². The molecule has 4 aromatic heterocycles. The van der Waals surface area contributed by atoms with Crippen LogP contribution in [-0.2, 0) is 64.7 Å². The van der Waals surface area contributed by atoms with Gasteiger partial charge in [0.25, 0.3) is 0 Å². The summed E-state index contributed by atoms with van der Waals surface area (Å²) in [6, 6.07) is 32.3. The van der Waals surface area contributed by atoms with E-state index in [4.69, 9.17) is 15.4 Å². The summed E-state index contributed by atoms with van der Waals surface area (Å²) in [5.41, 5.74) is -8.08. The molecular weight excluding hydrogens is 973 g/mol. The van der Waals surface area contributed by atoms with Crippen LogP contribution < -0.4 is 0 Å². The average molecular weight is 1050 g/mol. The Labute approximate surface area is 427 Å². The maximum atomic E-state index is 9.86. The summed E-state index contributed by atoms with van der Waals surface area (Å²) in [6.45, 7) is -1.79. The Balaban J connectivity index is 0.00000982. The van der Waals surface area contributed by atoms with Crippen LogP contribution in [0.25, 0.3) is 55.7 Å². The van der Waals surface area contributed by atoms with E-state index < -0.39 is 114 Å². The first-order valence-corrected chi connectivity index (χ1v) is 20.1. The molecule has 9 rings (SSSR count). The number of nitrogens with zero attached hydrogens (tertiary/aromatic N) is 4. The predicted molar refractivity (Wildman–Crippen MR) is 259 cm³/mol. The van der Waals surface area contributed by atoms with Gasteiger partial charge in [-0.3, -0.25) is 0 Å². The summed E-state index contributed by atoms with van der Waals surface area (Å²) in [4.78, 5) is 13.0. The Bertz CT molecular complexity index is 4030. The van der Waals surface area contributed by atoms with Crippen molar-refractivity contribution in [1.82, 2.24) is 15.0 Å². The van der Waals surface area contributed by atoms with Gasteiger partial charge in [-0.15, -0.1) is 90.0 Å². The minimum absolute atomic E-state index is 0. The van der Waals surface area contributed by atoms with Crippen molar-refractivity contribution in [1.29, 1.82) is 5.26 Å². The van der Waals surface area contributed by atoms with Gasteiger partial charge >= 0.3 is 20.1 Å². The molecule has 0 saturated carbocycles. The van der Waals surface area contributed by atoms with Gasteiger partial charge in [0.05, 0.1) is 20.0 Å². The monoisotopic (exact) mass is 1050 g/mol. The Morgan fingerprint density at radius 1 is 0.646 bits per heavy atom. The van der Waals surface area contributed by atoms with Gasteiger partial charge in [0.2, 0.25) is 0 Å². The fraction of sp³-hybridized carbons (Fsp3) is 0.220. The fourth-order valence-electron chi connectivity index (χ4n) is 6.83. The molecule has 0 radical (unpaired) electrons. The standard InChI is InChI=1S/C59H51N4O.Ir/c1-39-27-54(45-13-8-6-9-14-45)61-36-47(39)23-19-41-29-42(20-24-48-37-62-55(28-40(48)2)46-15-10-7-11-16-46)31-43(30-41)21-25-49-38-63-56(33-50(49)34-59(3,4)5)52-18-12-17-51-53-32-44(35-60)22-26-57(53)64-58(51)52;/h6-13,15,17,22,26-33,36-38H,19-21,23-25,34H2,1-5H3;/q-3;+3/i1D3,2D3,19D2,20D2,21D2,22D,23D2,24D2,25D2,32D,34D2;. The summed E-state index contributed by atoms with van der Waals surface area (Å²) < 4.78 is 209. The minimum atomic E-state index is -3.62. The van der Waals surface area contributed by atoms with Gasteiger partial charge in [-0.2, -0.15) is 5.26 Å². The first-order valence-electron chi connectivity index (χ1n) is 31.1. The van der Waals surface area contributed by atoms with Crippen molar-refractivity contribution < 1.29 is 54.7 Å². The molecule has 5 nitrogen and oxygen atoms in total. The predicted octanol–water partition coefficient (Wildman–Crippen LogP) is 13.6. The van der Waals surface area contributed by atoms with E-state index in [1.165, 1.54) is 45.0 Å². The number of furan rings is 1. The maximum Gasteiger partial charge on any atom is 3.00 e. The molecule has 0 N–H and O–H groups in total. The van der Waals surface area contributed by atoms with E-state index in [-0.39, 0.29) is 77.0 Å². The molecule has 0 spiro atoms. The van der Waals surface area contributed by atoms with E-state index in [1.54, 1.807) is 42.5 Å². The molecule has 0 amide bonds. The van der Waals surface area contributed by atoms with Crippen molar-refractivity contribution >= 4 is 21.9 Å². The zero-order valence-electron chi connectivity index (χ0n) is 57.1. The Hall–Kier alpha value is -6.51. The summed E-state index contributed by atoms with van der Waals surface area (Å²) in [7, 11) is 0. The van der Waals surface area contributed by atoms with Crippen LogP contribution in [-0.4, -0.2) is 15.0 Å². The number of hydrogen-bond acceptors (Lipinski definition) is 5. The molecule has 0 aliphatic heterocycles. The second-order valence-corrected chi connectivity index (χ2v) is 15.7. The number of pyridine rings is 3. The molecule has 6 heteroatoms. The van der Waals surface area contributed by atoms with Crippen molar-refractivity contribution in [3.8, 4) is 39.8 Å². The molecule has 0 atom stereocenters. The third-order valence-corrected chi connectivity index (χ3v) is 9.79. The molecule has 0 aliphatic carbocycles. The van der Waals surface area contributed by atoms with E-state index in [2.05, 4.69) is 33.2 Å². The number of hydrogen-bond donors (Lipinski definition) is 0. The van der Waals surface area contributed by atoms with Crippen LogP contribution in [0.2, 0.25) is 0 Å². The molecule has 0 fully saturated rings. The normalized spacial score (nSPS) is 18.4. The molecule has 322 valence electrons. The number of nitriles is 1. The van der Waals surface area contributed by atoms with E-state index in [9.17, 15) is 24.5 Å². The van der Waals surface area contributed by atoms with Crippen molar-refractivity contribution in [2.45, 2.75) is 79.1 Å². The molecule has 0 bridgehead atoms. The van der Waals surface area contributed by atoms with Gasteiger partial charge in [-0.1, -0.05) is 79.2 Å². The molecule has 65 heavy (non-hydrogen) atoms. The van der Waals surface area contributed by atoms with Crippen LogP contribution in [0.4, 0.5) is 0 Å². The van der Waals surface area contributed by atoms with Crippen molar-refractivity contribution in [2.24, 2.45) is 5.41 Å². The van der Waals surface area contributed by atoms with E-state index in [1.807, 2.05) is 6.07 Å². The van der Waals surface area contributed by atoms with E-state index in [0.29, 0.717) is 34.7 Å². The van der Waals surface area contributed by atoms with Crippen LogP contribution in [0.1, 0.15) is 107 Å². The summed E-state index contributed by atoms with van der Waals surface area (Å²) in [5, 5.41) is 10.2. The van der Waals surface area contributed by atoms with Crippen LogP contribution in [0, 0.1) is 48.6 Å². The second-order valence-electron chi connectivity index (χ2n) is 15.7. The van der Waals surface area contributed by atoms with Crippen LogP contribution in [0.3, 0.4) is 0 Å². The average Bonchev–Trinajstić information content (AvgIpc) is 0.829. The van der Waals surface area contributed by atoms with Gasteiger partial charge in [-0.05, 0) is 138 Å².